The van der Waals surface area contributed by atoms with Gasteiger partial charge in [-0.2, -0.15) is 0 Å². The van der Waals surface area contributed by atoms with Gasteiger partial charge < -0.3 is 5.32 Å². The minimum Gasteiger partial charge on any atom is -0.302 e. The predicted octanol–water partition coefficient (Wildman–Crippen LogP) is 3.80. The molecule has 0 fully saturated rings. The predicted molar refractivity (Wildman–Crippen MR) is 109 cm³/mol. The van der Waals surface area contributed by atoms with E-state index in [2.05, 4.69) is 15.3 Å². The number of nitrogens with one attached hydrogen (secondary N) is 1. The summed E-state index contributed by atoms with van der Waals surface area (Å²) in [6.45, 7) is 1.97. The lowest BCUT2D eigenvalue weighted by atomic mass is 10.1. The van der Waals surface area contributed by atoms with Crippen molar-refractivity contribution in [2.75, 3.05) is 11.6 Å². The lowest BCUT2D eigenvalue weighted by Gasteiger charge is -2.03. The van der Waals surface area contributed by atoms with Crippen molar-refractivity contribution in [3.8, 4) is 0 Å². The lowest BCUT2D eigenvalue weighted by molar-refractivity contribution is -0.115. The highest BCUT2D eigenvalue weighted by Gasteiger charge is 2.13. The first-order valence-corrected chi connectivity index (χ1v) is 11.6. The number of sulfone groups is 1. The fourth-order valence-corrected chi connectivity index (χ4v) is 5.25. The van der Waals surface area contributed by atoms with E-state index in [1.54, 1.807) is 23.5 Å². The number of thiazole rings is 2. The Kier molecular flexibility index (Phi) is 4.45. The van der Waals surface area contributed by atoms with E-state index in [9.17, 15) is 13.2 Å². The second-order valence-corrected chi connectivity index (χ2v) is 10.4. The van der Waals surface area contributed by atoms with Gasteiger partial charge in [-0.1, -0.05) is 23.5 Å². The Morgan fingerprint density at radius 2 is 1.81 bits per heavy atom. The molecule has 0 radical (unpaired) electrons. The van der Waals surface area contributed by atoms with Crippen molar-refractivity contribution in [2.45, 2.75) is 18.2 Å². The van der Waals surface area contributed by atoms with Gasteiger partial charge in [-0.05, 0) is 36.8 Å². The van der Waals surface area contributed by atoms with Gasteiger partial charge in [0.2, 0.25) is 5.91 Å². The van der Waals surface area contributed by atoms with Crippen LogP contribution < -0.4 is 5.32 Å². The Morgan fingerprint density at radius 3 is 2.52 bits per heavy atom. The van der Waals surface area contributed by atoms with Crippen molar-refractivity contribution in [1.29, 1.82) is 0 Å². The van der Waals surface area contributed by atoms with Crippen LogP contribution in [0.3, 0.4) is 0 Å². The van der Waals surface area contributed by atoms with Crippen LogP contribution in [-0.2, 0) is 21.1 Å². The van der Waals surface area contributed by atoms with Gasteiger partial charge >= 0.3 is 0 Å². The van der Waals surface area contributed by atoms with Crippen molar-refractivity contribution < 1.29 is 13.2 Å². The van der Waals surface area contributed by atoms with Crippen molar-refractivity contribution in [1.82, 2.24) is 9.97 Å². The van der Waals surface area contributed by atoms with Crippen LogP contribution >= 0.6 is 22.7 Å². The highest BCUT2D eigenvalue weighted by Crippen LogP contribution is 2.34. The Bertz CT molecular complexity index is 1270. The minimum absolute atomic E-state index is 0.144. The van der Waals surface area contributed by atoms with E-state index in [1.807, 2.05) is 19.1 Å². The molecule has 1 amide bonds. The van der Waals surface area contributed by atoms with E-state index in [1.165, 1.54) is 23.5 Å². The topological polar surface area (TPSA) is 89.0 Å². The molecular formula is C18H15N3O3S3. The number of aryl methyl sites for hydroxylation is 1. The normalized spacial score (nSPS) is 11.9. The van der Waals surface area contributed by atoms with Crippen LogP contribution in [0.2, 0.25) is 0 Å². The Labute approximate surface area is 163 Å². The average Bonchev–Trinajstić information content (AvgIpc) is 3.16. The molecule has 0 saturated carbocycles. The Hall–Kier alpha value is -2.36. The molecule has 2 aromatic heterocycles. The molecule has 4 aromatic rings. The molecule has 0 saturated heterocycles. The van der Waals surface area contributed by atoms with Gasteiger partial charge in [-0.15, -0.1) is 11.3 Å². The molecule has 4 rings (SSSR count). The van der Waals surface area contributed by atoms with Crippen LogP contribution in [0, 0.1) is 6.92 Å². The van der Waals surface area contributed by atoms with Gasteiger partial charge in [0, 0.05) is 6.26 Å². The SMILES string of the molecule is Cc1nc2c(ccc3nc(NC(=O)Cc4ccc(S(C)(=O)=O)cc4)sc32)s1. The van der Waals surface area contributed by atoms with Crippen LogP contribution in [0.15, 0.2) is 41.3 Å². The highest BCUT2D eigenvalue weighted by atomic mass is 32.2. The molecule has 0 spiro atoms. The number of carbonyl (C=O) groups is 1. The van der Waals surface area contributed by atoms with E-state index in [4.69, 9.17) is 0 Å². The number of fused-ring (bicyclic) bond motifs is 3. The summed E-state index contributed by atoms with van der Waals surface area (Å²) >= 11 is 3.04. The Morgan fingerprint density at radius 1 is 1.07 bits per heavy atom. The van der Waals surface area contributed by atoms with E-state index >= 15 is 0 Å². The summed E-state index contributed by atoms with van der Waals surface area (Å²) in [6.07, 6.45) is 1.30. The number of rotatable bonds is 4. The van der Waals surface area contributed by atoms with Crippen molar-refractivity contribution in [3.05, 3.63) is 47.0 Å². The third kappa shape index (κ3) is 3.71. The minimum atomic E-state index is -3.24. The summed E-state index contributed by atoms with van der Waals surface area (Å²) < 4.78 is 25.1. The third-order valence-electron chi connectivity index (χ3n) is 3.98. The maximum atomic E-state index is 12.3. The molecule has 2 heterocycles. The maximum Gasteiger partial charge on any atom is 0.230 e. The van der Waals surface area contributed by atoms with Gasteiger partial charge in [0.1, 0.15) is 5.52 Å². The molecule has 6 nitrogen and oxygen atoms in total. The Balaban J connectivity index is 1.53. The molecule has 0 bridgehead atoms. The zero-order chi connectivity index (χ0) is 19.2. The molecule has 0 atom stereocenters. The second-order valence-electron chi connectivity index (χ2n) is 6.15. The largest absolute Gasteiger partial charge is 0.302 e. The van der Waals surface area contributed by atoms with Crippen molar-refractivity contribution in [3.63, 3.8) is 0 Å². The summed E-state index contributed by atoms with van der Waals surface area (Å²) in [7, 11) is -3.24. The van der Waals surface area contributed by atoms with Gasteiger partial charge in [-0.3, -0.25) is 4.79 Å². The molecular weight excluding hydrogens is 402 g/mol. The van der Waals surface area contributed by atoms with E-state index in [0.29, 0.717) is 5.13 Å². The van der Waals surface area contributed by atoms with Crippen molar-refractivity contribution >= 4 is 64.0 Å². The highest BCUT2D eigenvalue weighted by molar-refractivity contribution is 7.90. The quantitative estimate of drug-likeness (QED) is 0.546. The van der Waals surface area contributed by atoms with Crippen LogP contribution in [-0.4, -0.2) is 30.5 Å². The maximum absolute atomic E-state index is 12.3. The average molecular weight is 418 g/mol. The molecule has 27 heavy (non-hydrogen) atoms. The fraction of sp³-hybridized carbons (Fsp3) is 0.167. The molecule has 0 aliphatic rings. The summed E-state index contributed by atoms with van der Waals surface area (Å²) in [5.41, 5.74) is 2.47. The monoisotopic (exact) mass is 417 g/mol. The summed E-state index contributed by atoms with van der Waals surface area (Å²) in [6, 6.07) is 10.3. The molecule has 1 N–H and O–H groups in total. The second kappa shape index (κ2) is 6.66. The zero-order valence-electron chi connectivity index (χ0n) is 14.5. The van der Waals surface area contributed by atoms with Gasteiger partial charge in [0.25, 0.3) is 0 Å². The van der Waals surface area contributed by atoms with Crippen LogP contribution in [0.25, 0.3) is 20.4 Å². The van der Waals surface area contributed by atoms with Crippen LogP contribution in [0.4, 0.5) is 5.13 Å². The summed E-state index contributed by atoms with van der Waals surface area (Å²) in [5.74, 6) is -0.202. The van der Waals surface area contributed by atoms with Gasteiger partial charge in [0.05, 0.1) is 31.2 Å². The summed E-state index contributed by atoms with van der Waals surface area (Å²) in [5, 5.41) is 4.35. The first-order valence-electron chi connectivity index (χ1n) is 8.05. The number of aromatic nitrogens is 2. The molecule has 9 heteroatoms. The zero-order valence-corrected chi connectivity index (χ0v) is 17.0. The number of hydrogen-bond donors (Lipinski definition) is 1. The van der Waals surface area contributed by atoms with Crippen LogP contribution in [0.1, 0.15) is 10.6 Å². The van der Waals surface area contributed by atoms with Gasteiger partial charge in [0.15, 0.2) is 15.0 Å². The standard InChI is InChI=1S/C18H15N3O3S3/c1-10-19-16-14(25-10)8-7-13-17(16)26-18(20-13)21-15(22)9-11-3-5-12(6-4-11)27(2,23)24/h3-8H,9H2,1-2H3,(H,20,21,22). The van der Waals surface area contributed by atoms with Crippen molar-refractivity contribution in [2.24, 2.45) is 0 Å². The number of amides is 1. The number of benzene rings is 2. The third-order valence-corrected chi connectivity index (χ3v) is 7.04. The van der Waals surface area contributed by atoms with E-state index < -0.39 is 9.84 Å². The van der Waals surface area contributed by atoms with Gasteiger partial charge in [-0.25, -0.2) is 18.4 Å². The number of carbonyl (C=O) groups excluding carboxylic acids is 1. The summed E-state index contributed by atoms with van der Waals surface area (Å²) in [4.78, 5) is 21.6. The number of hydrogen-bond acceptors (Lipinski definition) is 7. The lowest BCUT2D eigenvalue weighted by Crippen LogP contribution is -2.14. The molecule has 138 valence electrons. The first kappa shape index (κ1) is 18.0. The van der Waals surface area contributed by atoms with E-state index in [-0.39, 0.29) is 17.2 Å². The number of anilines is 1. The molecule has 0 unspecified atom stereocenters. The fourth-order valence-electron chi connectivity index (χ4n) is 2.74. The first-order chi connectivity index (χ1) is 12.8. The molecule has 2 aromatic carbocycles. The molecule has 0 aliphatic heterocycles. The van der Waals surface area contributed by atoms with Crippen LogP contribution in [0.5, 0.6) is 0 Å². The number of nitrogens with zero attached hydrogens (tertiary/aromatic N) is 2. The molecule has 0 aliphatic carbocycles. The van der Waals surface area contributed by atoms with E-state index in [0.717, 1.165) is 37.3 Å². The smallest absolute Gasteiger partial charge is 0.230 e.